The van der Waals surface area contributed by atoms with Gasteiger partial charge in [0.05, 0.1) is 33.1 Å². The van der Waals surface area contributed by atoms with Crippen molar-refractivity contribution >= 4 is 15.7 Å². The van der Waals surface area contributed by atoms with Crippen LogP contribution in [0.3, 0.4) is 0 Å². The summed E-state index contributed by atoms with van der Waals surface area (Å²) in [5.41, 5.74) is 0.949. The molecule has 0 unspecified atom stereocenters. The van der Waals surface area contributed by atoms with Gasteiger partial charge in [-0.2, -0.15) is 4.31 Å². The van der Waals surface area contributed by atoms with Crippen molar-refractivity contribution in [1.29, 1.82) is 0 Å². The Morgan fingerprint density at radius 1 is 1.13 bits per heavy atom. The lowest BCUT2D eigenvalue weighted by Gasteiger charge is -2.37. The van der Waals surface area contributed by atoms with Crippen molar-refractivity contribution in [3.63, 3.8) is 0 Å². The molecule has 0 amide bonds. The zero-order valence-corrected chi connectivity index (χ0v) is 17.5. The lowest BCUT2D eigenvalue weighted by atomic mass is 10.2. The molecule has 4 rings (SSSR count). The fourth-order valence-electron chi connectivity index (χ4n) is 3.40. The molecule has 10 nitrogen and oxygen atoms in total. The van der Waals surface area contributed by atoms with Crippen LogP contribution in [0.2, 0.25) is 0 Å². The van der Waals surface area contributed by atoms with Gasteiger partial charge in [-0.15, -0.1) is 0 Å². The van der Waals surface area contributed by atoms with E-state index in [1.165, 1.54) is 30.7 Å². The molecule has 0 radical (unpaired) electrons. The van der Waals surface area contributed by atoms with Gasteiger partial charge < -0.3 is 14.4 Å². The van der Waals surface area contributed by atoms with Crippen molar-refractivity contribution in [2.75, 3.05) is 25.8 Å². The molecule has 2 heterocycles. The third-order valence-corrected chi connectivity index (χ3v) is 6.65. The number of hydrogen-bond acceptors (Lipinski definition) is 8. The maximum Gasteiger partial charge on any atom is 0.438 e. The van der Waals surface area contributed by atoms with E-state index in [1.54, 1.807) is 23.1 Å². The first-order chi connectivity index (χ1) is 14.8. The van der Waals surface area contributed by atoms with Crippen LogP contribution in [0.1, 0.15) is 11.4 Å². The third-order valence-electron chi connectivity index (χ3n) is 4.84. The number of H-pyrrole nitrogens is 1. The van der Waals surface area contributed by atoms with Crippen LogP contribution in [0.25, 0.3) is 0 Å². The number of benzene rings is 2. The fourth-order valence-corrected chi connectivity index (χ4v) is 5.01. The molecule has 0 bridgehead atoms. The number of aromatic nitrogens is 2. The van der Waals surface area contributed by atoms with Crippen LogP contribution in [0.15, 0.2) is 50.6 Å². The monoisotopic (exact) mass is 450 g/mol. The zero-order chi connectivity index (χ0) is 22.2. The molecular weight excluding hydrogens is 431 g/mol. The van der Waals surface area contributed by atoms with Crippen LogP contribution < -0.4 is 20.1 Å². The molecule has 2 aromatic carbocycles. The normalized spacial score (nSPS) is 15.5. The van der Waals surface area contributed by atoms with Gasteiger partial charge in [0.2, 0.25) is 10.0 Å². The van der Waals surface area contributed by atoms with Crippen LogP contribution in [0, 0.1) is 5.82 Å². The molecule has 0 saturated heterocycles. The highest BCUT2D eigenvalue weighted by Gasteiger charge is 2.36. The maximum absolute atomic E-state index is 13.9. The van der Waals surface area contributed by atoms with Crippen LogP contribution in [-0.2, 0) is 23.1 Å². The Morgan fingerprint density at radius 3 is 2.58 bits per heavy atom. The van der Waals surface area contributed by atoms with Gasteiger partial charge in [0.15, 0.2) is 17.3 Å². The van der Waals surface area contributed by atoms with Crippen molar-refractivity contribution in [3.05, 3.63) is 64.2 Å². The molecule has 0 aliphatic carbocycles. The Morgan fingerprint density at radius 2 is 1.90 bits per heavy atom. The average Bonchev–Trinajstić information content (AvgIpc) is 3.16. The highest BCUT2D eigenvalue weighted by molar-refractivity contribution is 7.89. The van der Waals surface area contributed by atoms with Crippen molar-refractivity contribution < 1.29 is 26.8 Å². The van der Waals surface area contributed by atoms with E-state index in [0.717, 1.165) is 6.07 Å². The van der Waals surface area contributed by atoms with Gasteiger partial charge in [0.1, 0.15) is 10.7 Å². The molecule has 3 aromatic rings. The summed E-state index contributed by atoms with van der Waals surface area (Å²) in [6, 6.07) is 8.61. The molecule has 1 aromatic heterocycles. The number of anilines is 1. The summed E-state index contributed by atoms with van der Waals surface area (Å²) in [7, 11) is -1.01. The minimum absolute atomic E-state index is 0.00444. The summed E-state index contributed by atoms with van der Waals surface area (Å²) in [5, 5.41) is 3.63. The summed E-state index contributed by atoms with van der Waals surface area (Å²) in [5.74, 6) is -0.216. The van der Waals surface area contributed by atoms with E-state index in [4.69, 9.17) is 9.47 Å². The van der Waals surface area contributed by atoms with Crippen LogP contribution in [0.5, 0.6) is 11.5 Å². The van der Waals surface area contributed by atoms with Gasteiger partial charge >= 0.3 is 5.76 Å². The molecule has 0 saturated carbocycles. The second kappa shape index (κ2) is 8.04. The Bertz CT molecular complexity index is 1270. The predicted molar refractivity (Wildman–Crippen MR) is 107 cm³/mol. The number of aromatic amines is 1. The number of nitrogens with zero attached hydrogens (tertiary/aromatic N) is 3. The first-order valence-corrected chi connectivity index (χ1v) is 10.6. The number of halogens is 1. The summed E-state index contributed by atoms with van der Waals surface area (Å²) >= 11 is 0. The summed E-state index contributed by atoms with van der Waals surface area (Å²) in [6.45, 7) is 0.0109. The van der Waals surface area contributed by atoms with Gasteiger partial charge in [0.25, 0.3) is 0 Å². The summed E-state index contributed by atoms with van der Waals surface area (Å²) < 4.78 is 56.6. The van der Waals surface area contributed by atoms with Gasteiger partial charge in [-0.25, -0.2) is 17.6 Å². The standard InChI is InChI=1S/C19H19FN4O6S/c1-28-15-6-3-12(7-16(15)29-2)9-24-11-23(10-18-21-19(25)30-22-18)14-5-4-13(20)8-17(14)31(24,26)27/h3-8H,9-11H2,1-2H3,(H,21,22,25). The van der Waals surface area contributed by atoms with Crippen molar-refractivity contribution in [2.24, 2.45) is 0 Å². The van der Waals surface area contributed by atoms with Gasteiger partial charge in [-0.05, 0) is 35.9 Å². The van der Waals surface area contributed by atoms with Crippen LogP contribution in [-0.4, -0.2) is 43.8 Å². The molecule has 1 N–H and O–H groups in total. The fraction of sp³-hybridized carbons (Fsp3) is 0.263. The van der Waals surface area contributed by atoms with Crippen molar-refractivity contribution in [3.8, 4) is 11.5 Å². The third kappa shape index (κ3) is 3.99. The van der Waals surface area contributed by atoms with Gasteiger partial charge in [-0.1, -0.05) is 11.2 Å². The number of methoxy groups -OCH3 is 2. The summed E-state index contributed by atoms with van der Waals surface area (Å²) in [4.78, 5) is 15.2. The number of hydrogen-bond donors (Lipinski definition) is 1. The lowest BCUT2D eigenvalue weighted by molar-refractivity contribution is 0.352. The molecule has 164 valence electrons. The highest BCUT2D eigenvalue weighted by Crippen LogP contribution is 2.36. The zero-order valence-electron chi connectivity index (χ0n) is 16.7. The number of sulfonamides is 1. The Balaban J connectivity index is 1.72. The number of fused-ring (bicyclic) bond motifs is 1. The molecule has 0 fully saturated rings. The SMILES string of the molecule is COc1ccc(CN2CN(Cc3noc(=O)[nH]3)c3ccc(F)cc3S2(=O)=O)cc1OC. The van der Waals surface area contributed by atoms with Gasteiger partial charge in [0, 0.05) is 6.54 Å². The highest BCUT2D eigenvalue weighted by atomic mass is 32.2. The second-order valence-corrected chi connectivity index (χ2v) is 8.70. The molecule has 0 spiro atoms. The number of nitrogens with one attached hydrogen (secondary N) is 1. The minimum Gasteiger partial charge on any atom is -0.493 e. The Kier molecular flexibility index (Phi) is 5.41. The van der Waals surface area contributed by atoms with E-state index in [-0.39, 0.29) is 30.5 Å². The number of rotatable bonds is 6. The topological polar surface area (TPSA) is 118 Å². The first-order valence-electron chi connectivity index (χ1n) is 9.12. The van der Waals surface area contributed by atoms with Crippen molar-refractivity contribution in [2.45, 2.75) is 18.0 Å². The largest absolute Gasteiger partial charge is 0.493 e. The predicted octanol–water partition coefficient (Wildman–Crippen LogP) is 1.69. The first kappa shape index (κ1) is 20.9. The van der Waals surface area contributed by atoms with Crippen LogP contribution >= 0.6 is 0 Å². The van der Waals surface area contributed by atoms with E-state index in [9.17, 15) is 17.6 Å². The van der Waals surface area contributed by atoms with E-state index >= 15 is 0 Å². The molecule has 1 aliphatic heterocycles. The molecule has 31 heavy (non-hydrogen) atoms. The maximum atomic E-state index is 13.9. The van der Waals surface area contributed by atoms with Gasteiger partial charge in [-0.3, -0.25) is 9.51 Å². The van der Waals surface area contributed by atoms with E-state index in [0.29, 0.717) is 22.7 Å². The Hall–Kier alpha value is -3.38. The molecule has 0 atom stereocenters. The molecular formula is C19H19FN4O6S. The van der Waals surface area contributed by atoms with E-state index in [2.05, 4.69) is 14.7 Å². The average molecular weight is 450 g/mol. The smallest absolute Gasteiger partial charge is 0.438 e. The quantitative estimate of drug-likeness (QED) is 0.603. The minimum atomic E-state index is -3.99. The van der Waals surface area contributed by atoms with Crippen molar-refractivity contribution in [1.82, 2.24) is 14.4 Å². The second-order valence-electron chi connectivity index (χ2n) is 6.80. The molecule has 1 aliphatic rings. The van der Waals surface area contributed by atoms with E-state index in [1.807, 2.05) is 0 Å². The summed E-state index contributed by atoms with van der Waals surface area (Å²) in [6.07, 6.45) is 0. The Labute approximate surface area is 176 Å². The lowest BCUT2D eigenvalue weighted by Crippen LogP contribution is -2.45. The van der Waals surface area contributed by atoms with E-state index < -0.39 is 21.6 Å². The number of ether oxygens (including phenoxy) is 2. The van der Waals surface area contributed by atoms with Crippen LogP contribution in [0.4, 0.5) is 10.1 Å². The molecule has 12 heteroatoms.